The zero-order valence-electron chi connectivity index (χ0n) is 15.0. The number of carbonyl (C=O) groups excluding carboxylic acids is 1. The summed E-state index contributed by atoms with van der Waals surface area (Å²) < 4.78 is 16.3. The normalized spacial score (nSPS) is 10.9. The van der Waals surface area contributed by atoms with Crippen LogP contribution in [-0.2, 0) is 4.74 Å². The van der Waals surface area contributed by atoms with Crippen LogP contribution in [0.2, 0.25) is 0 Å². The van der Waals surface area contributed by atoms with E-state index in [1.807, 2.05) is 6.92 Å². The van der Waals surface area contributed by atoms with Gasteiger partial charge in [0.2, 0.25) is 5.88 Å². The second kappa shape index (κ2) is 7.29. The molecule has 0 fully saturated rings. The maximum absolute atomic E-state index is 11.8. The number of nitrogens with two attached hydrogens (primary N) is 1. The van der Waals surface area contributed by atoms with Crippen LogP contribution in [0.4, 0.5) is 16.2 Å². The van der Waals surface area contributed by atoms with Crippen LogP contribution >= 0.6 is 0 Å². The molecule has 1 aromatic carbocycles. The van der Waals surface area contributed by atoms with E-state index in [-0.39, 0.29) is 5.88 Å². The molecule has 0 saturated carbocycles. The second-order valence-corrected chi connectivity index (χ2v) is 6.50. The van der Waals surface area contributed by atoms with Crippen LogP contribution in [0.15, 0.2) is 30.5 Å². The number of anilines is 2. The maximum atomic E-state index is 11.8. The van der Waals surface area contributed by atoms with Gasteiger partial charge in [0.05, 0.1) is 12.8 Å². The van der Waals surface area contributed by atoms with Gasteiger partial charge in [-0.15, -0.1) is 0 Å². The van der Waals surface area contributed by atoms with E-state index in [4.69, 9.17) is 19.9 Å². The molecule has 2 rings (SSSR count). The van der Waals surface area contributed by atoms with Gasteiger partial charge >= 0.3 is 6.09 Å². The van der Waals surface area contributed by atoms with Gasteiger partial charge in [-0.25, -0.2) is 9.78 Å². The summed E-state index contributed by atoms with van der Waals surface area (Å²) >= 11 is 0. The predicted octanol–water partition coefficient (Wildman–Crippen LogP) is 4.12. The average molecular weight is 345 g/mol. The first-order valence-corrected chi connectivity index (χ1v) is 7.76. The minimum Gasteiger partial charge on any atom is -0.493 e. The van der Waals surface area contributed by atoms with Gasteiger partial charge in [-0.05, 0) is 51.5 Å². The Balaban J connectivity index is 2.17. The lowest BCUT2D eigenvalue weighted by Gasteiger charge is -2.20. The molecule has 0 aliphatic rings. The second-order valence-electron chi connectivity index (χ2n) is 6.50. The summed E-state index contributed by atoms with van der Waals surface area (Å²) in [6.45, 7) is 7.28. The van der Waals surface area contributed by atoms with Gasteiger partial charge < -0.3 is 19.9 Å². The predicted molar refractivity (Wildman–Crippen MR) is 96.3 cm³/mol. The lowest BCUT2D eigenvalue weighted by atomic mass is 10.2. The SMILES string of the molecule is COc1cc(NC(=O)OC(C)(C)C)ccc1Oc1ncc(C)cc1N. The van der Waals surface area contributed by atoms with Gasteiger partial charge in [0, 0.05) is 18.0 Å². The molecule has 1 amide bonds. The highest BCUT2D eigenvalue weighted by Crippen LogP contribution is 2.35. The first-order chi connectivity index (χ1) is 11.7. The monoisotopic (exact) mass is 345 g/mol. The fourth-order valence-electron chi connectivity index (χ4n) is 2.02. The van der Waals surface area contributed by atoms with Crippen LogP contribution in [0.25, 0.3) is 0 Å². The summed E-state index contributed by atoms with van der Waals surface area (Å²) in [5.41, 5.74) is 7.22. The number of ether oxygens (including phenoxy) is 3. The number of aromatic nitrogens is 1. The summed E-state index contributed by atoms with van der Waals surface area (Å²) in [7, 11) is 1.51. The van der Waals surface area contributed by atoms with Crippen LogP contribution in [0, 0.1) is 6.92 Å². The molecule has 7 nitrogen and oxygen atoms in total. The topological polar surface area (TPSA) is 95.7 Å². The van der Waals surface area contributed by atoms with Crippen molar-refractivity contribution in [1.82, 2.24) is 4.98 Å². The van der Waals surface area contributed by atoms with Gasteiger partial charge in [0.15, 0.2) is 11.5 Å². The van der Waals surface area contributed by atoms with Gasteiger partial charge in [-0.3, -0.25) is 5.32 Å². The summed E-state index contributed by atoms with van der Waals surface area (Å²) in [5, 5.41) is 2.65. The Morgan fingerprint density at radius 3 is 2.52 bits per heavy atom. The fourth-order valence-corrected chi connectivity index (χ4v) is 2.02. The van der Waals surface area contributed by atoms with E-state index in [1.54, 1.807) is 51.2 Å². The highest BCUT2D eigenvalue weighted by Gasteiger charge is 2.17. The summed E-state index contributed by atoms with van der Waals surface area (Å²) in [6.07, 6.45) is 1.11. The molecule has 0 atom stereocenters. The van der Waals surface area contributed by atoms with Crippen LogP contribution in [0.3, 0.4) is 0 Å². The summed E-state index contributed by atoms with van der Waals surface area (Å²) in [5.74, 6) is 1.15. The Labute approximate surface area is 147 Å². The molecule has 1 heterocycles. The smallest absolute Gasteiger partial charge is 0.412 e. The number of benzene rings is 1. The van der Waals surface area contributed by atoms with Crippen molar-refractivity contribution < 1.29 is 19.0 Å². The van der Waals surface area contributed by atoms with E-state index < -0.39 is 11.7 Å². The summed E-state index contributed by atoms with van der Waals surface area (Å²) in [6, 6.07) is 6.73. The first kappa shape index (κ1) is 18.4. The van der Waals surface area contributed by atoms with Crippen molar-refractivity contribution in [3.63, 3.8) is 0 Å². The number of aryl methyl sites for hydroxylation is 1. The number of rotatable bonds is 4. The lowest BCUT2D eigenvalue weighted by Crippen LogP contribution is -2.27. The third-order valence-corrected chi connectivity index (χ3v) is 3.03. The Kier molecular flexibility index (Phi) is 5.36. The Morgan fingerprint density at radius 2 is 1.92 bits per heavy atom. The highest BCUT2D eigenvalue weighted by molar-refractivity contribution is 5.85. The molecule has 0 aliphatic carbocycles. The minimum absolute atomic E-state index is 0.289. The minimum atomic E-state index is -0.578. The number of nitrogens with zero attached hydrogens (tertiary/aromatic N) is 1. The molecule has 0 bridgehead atoms. The van der Waals surface area contributed by atoms with Crippen molar-refractivity contribution in [3.05, 3.63) is 36.0 Å². The number of nitrogens with one attached hydrogen (secondary N) is 1. The molecule has 1 aromatic heterocycles. The van der Waals surface area contributed by atoms with Crippen LogP contribution in [0.1, 0.15) is 26.3 Å². The van der Waals surface area contributed by atoms with Crippen molar-refractivity contribution in [1.29, 1.82) is 0 Å². The van der Waals surface area contributed by atoms with E-state index in [9.17, 15) is 4.79 Å². The van der Waals surface area contributed by atoms with Gasteiger partial charge in [-0.1, -0.05) is 0 Å². The van der Waals surface area contributed by atoms with Crippen molar-refractivity contribution in [3.8, 4) is 17.4 Å². The van der Waals surface area contributed by atoms with E-state index in [0.717, 1.165) is 5.56 Å². The quantitative estimate of drug-likeness (QED) is 0.865. The molecular formula is C18H23N3O4. The van der Waals surface area contributed by atoms with E-state index in [1.165, 1.54) is 7.11 Å². The molecule has 0 radical (unpaired) electrons. The lowest BCUT2D eigenvalue weighted by molar-refractivity contribution is 0.0636. The first-order valence-electron chi connectivity index (χ1n) is 7.76. The molecule has 25 heavy (non-hydrogen) atoms. The number of carbonyl (C=O) groups is 1. The largest absolute Gasteiger partial charge is 0.493 e. The Morgan fingerprint density at radius 1 is 1.20 bits per heavy atom. The number of hydrogen-bond acceptors (Lipinski definition) is 6. The number of methoxy groups -OCH3 is 1. The molecule has 7 heteroatoms. The van der Waals surface area contributed by atoms with Crippen LogP contribution in [-0.4, -0.2) is 23.8 Å². The maximum Gasteiger partial charge on any atom is 0.412 e. The third kappa shape index (κ3) is 5.27. The highest BCUT2D eigenvalue weighted by atomic mass is 16.6. The molecule has 0 unspecified atom stereocenters. The Bertz CT molecular complexity index is 769. The number of hydrogen-bond donors (Lipinski definition) is 2. The number of pyridine rings is 1. The molecular weight excluding hydrogens is 322 g/mol. The Hall–Kier alpha value is -2.96. The number of amides is 1. The molecule has 3 N–H and O–H groups in total. The van der Waals surface area contributed by atoms with Crippen molar-refractivity contribution in [2.24, 2.45) is 0 Å². The van der Waals surface area contributed by atoms with Crippen molar-refractivity contribution >= 4 is 17.5 Å². The number of nitrogen functional groups attached to an aromatic ring is 1. The molecule has 0 aliphatic heterocycles. The van der Waals surface area contributed by atoms with E-state index in [2.05, 4.69) is 10.3 Å². The summed E-state index contributed by atoms with van der Waals surface area (Å²) in [4.78, 5) is 16.0. The average Bonchev–Trinajstić information content (AvgIpc) is 2.49. The fraction of sp³-hybridized carbons (Fsp3) is 0.333. The van der Waals surface area contributed by atoms with E-state index >= 15 is 0 Å². The van der Waals surface area contributed by atoms with Crippen molar-refractivity contribution in [2.75, 3.05) is 18.2 Å². The van der Waals surface area contributed by atoms with Crippen LogP contribution < -0.4 is 20.5 Å². The molecule has 0 spiro atoms. The molecule has 2 aromatic rings. The zero-order chi connectivity index (χ0) is 18.6. The van der Waals surface area contributed by atoms with Gasteiger partial charge in [-0.2, -0.15) is 0 Å². The molecule has 0 saturated heterocycles. The standard InChI is InChI=1S/C18H23N3O4/c1-11-8-13(19)16(20-10-11)24-14-7-6-12(9-15(14)23-5)21-17(22)25-18(2,3)4/h6-10H,19H2,1-5H3,(H,21,22). The zero-order valence-corrected chi connectivity index (χ0v) is 15.0. The van der Waals surface area contributed by atoms with Crippen molar-refractivity contribution in [2.45, 2.75) is 33.3 Å². The van der Waals surface area contributed by atoms with Gasteiger partial charge in [0.1, 0.15) is 5.60 Å². The van der Waals surface area contributed by atoms with Gasteiger partial charge in [0.25, 0.3) is 0 Å². The third-order valence-electron chi connectivity index (χ3n) is 3.03. The van der Waals surface area contributed by atoms with E-state index in [0.29, 0.717) is 22.9 Å². The molecule has 134 valence electrons. The van der Waals surface area contributed by atoms with Crippen LogP contribution in [0.5, 0.6) is 17.4 Å².